The van der Waals surface area contributed by atoms with Gasteiger partial charge in [-0.2, -0.15) is 0 Å². The van der Waals surface area contributed by atoms with Crippen LogP contribution in [-0.4, -0.2) is 37.1 Å². The van der Waals surface area contributed by atoms with Crippen molar-refractivity contribution in [3.63, 3.8) is 0 Å². The maximum atomic E-state index is 11.0. The fourth-order valence-electron chi connectivity index (χ4n) is 1.06. The van der Waals surface area contributed by atoms with Crippen molar-refractivity contribution in [3.05, 3.63) is 0 Å². The van der Waals surface area contributed by atoms with Gasteiger partial charge < -0.3 is 28.3 Å². The maximum Gasteiger partial charge on any atom is 0.0485 e. The fourth-order valence-corrected chi connectivity index (χ4v) is 11.4. The fraction of sp³-hybridized carbons (Fsp3) is 1.00. The van der Waals surface area contributed by atoms with Crippen LogP contribution in [0.2, 0.25) is 0 Å². The van der Waals surface area contributed by atoms with E-state index in [1.54, 1.807) is 20.8 Å². The zero-order valence-electron chi connectivity index (χ0n) is 16.9. The van der Waals surface area contributed by atoms with E-state index in [2.05, 4.69) is 35.4 Å². The van der Waals surface area contributed by atoms with Crippen LogP contribution in [0.4, 0.5) is 0 Å². The van der Waals surface area contributed by atoms with Crippen molar-refractivity contribution in [2.75, 3.05) is 37.1 Å². The molecular weight excluding hydrogens is 576 g/mol. The molecule has 0 aliphatic rings. The Balaban J connectivity index is -0.000000152. The van der Waals surface area contributed by atoms with E-state index in [0.717, 1.165) is 17.3 Å². The monoisotopic (exact) mass is 606 g/mol. The van der Waals surface area contributed by atoms with Crippen LogP contribution >= 0.6 is 51.2 Å². The Morgan fingerprint density at radius 1 is 0.571 bits per heavy atom. The molecule has 1 radical (unpaired) electrons. The molecule has 0 spiro atoms. The molecular formula is C12H30O6P3S6V-3. The molecule has 6 nitrogen and oxygen atoms in total. The van der Waals surface area contributed by atoms with E-state index in [1.807, 2.05) is 20.8 Å². The summed E-state index contributed by atoms with van der Waals surface area (Å²) in [6.07, 6.45) is 0. The Labute approximate surface area is 210 Å². The summed E-state index contributed by atoms with van der Waals surface area (Å²) < 4.78 is 14.4. The second kappa shape index (κ2) is 23.5. The van der Waals surface area contributed by atoms with Crippen molar-refractivity contribution >= 4 is 86.6 Å². The molecule has 0 N–H and O–H groups in total. The van der Waals surface area contributed by atoms with E-state index in [4.69, 9.17) is 13.6 Å². The summed E-state index contributed by atoms with van der Waals surface area (Å²) in [5.41, 5.74) is -8.08. The van der Waals surface area contributed by atoms with E-state index in [1.165, 1.54) is 34.1 Å². The quantitative estimate of drug-likeness (QED) is 0.300. The van der Waals surface area contributed by atoms with Crippen LogP contribution in [-0.2, 0) is 67.5 Å². The first-order chi connectivity index (χ1) is 12.4. The van der Waals surface area contributed by atoms with Crippen LogP contribution < -0.4 is 14.7 Å². The van der Waals surface area contributed by atoms with E-state index < -0.39 is 17.1 Å². The van der Waals surface area contributed by atoms with Crippen LogP contribution in [0.3, 0.4) is 0 Å². The molecule has 0 aliphatic carbocycles. The molecule has 0 amide bonds. The Kier molecular flexibility index (Phi) is 32.4. The van der Waals surface area contributed by atoms with Gasteiger partial charge in [0.1, 0.15) is 0 Å². The molecule has 0 fully saturated rings. The molecule has 0 bridgehead atoms. The van der Waals surface area contributed by atoms with Gasteiger partial charge in [0.25, 0.3) is 0 Å². The summed E-state index contributed by atoms with van der Waals surface area (Å²) in [6, 6.07) is 0. The average Bonchev–Trinajstić information content (AvgIpc) is 2.47. The number of hydrogen-bond acceptors (Lipinski definition) is 12. The largest absolute Gasteiger partial charge is 0.793 e. The van der Waals surface area contributed by atoms with Crippen molar-refractivity contribution in [1.82, 2.24) is 0 Å². The maximum absolute atomic E-state index is 11.0. The molecule has 0 heterocycles. The molecule has 0 saturated carbocycles. The Morgan fingerprint density at radius 2 is 0.750 bits per heavy atom. The average molecular weight is 607 g/mol. The molecule has 3 unspecified atom stereocenters. The normalized spacial score (nSPS) is 16.6. The predicted octanol–water partition coefficient (Wildman–Crippen LogP) is 4.08. The predicted molar refractivity (Wildman–Crippen MR) is 132 cm³/mol. The molecule has 0 rings (SSSR count). The molecule has 0 aromatic rings. The molecule has 0 aromatic carbocycles. The van der Waals surface area contributed by atoms with Crippen LogP contribution in [0, 0.1) is 0 Å². The number of hydrogen-bond donors (Lipinski definition) is 0. The number of rotatable bonds is 12. The van der Waals surface area contributed by atoms with Crippen LogP contribution in [0.25, 0.3) is 0 Å². The first-order valence-electron chi connectivity index (χ1n) is 8.17. The van der Waals surface area contributed by atoms with Crippen molar-refractivity contribution in [3.8, 4) is 0 Å². The minimum absolute atomic E-state index is 0. The Bertz CT molecular complexity index is 394. The summed E-state index contributed by atoms with van der Waals surface area (Å²) in [7, 11) is 0. The van der Waals surface area contributed by atoms with Crippen molar-refractivity contribution < 1.29 is 46.8 Å². The van der Waals surface area contributed by atoms with Gasteiger partial charge in [-0.3, -0.25) is 0 Å². The smallest absolute Gasteiger partial charge is 0.0485 e. The van der Waals surface area contributed by atoms with Crippen LogP contribution in [0.1, 0.15) is 41.5 Å². The third-order valence-corrected chi connectivity index (χ3v) is 15.1. The minimum Gasteiger partial charge on any atom is -0.793 e. The van der Waals surface area contributed by atoms with E-state index in [0.29, 0.717) is 19.8 Å². The van der Waals surface area contributed by atoms with Gasteiger partial charge in [0.2, 0.25) is 0 Å². The zero-order chi connectivity index (χ0) is 22.0. The van der Waals surface area contributed by atoms with Gasteiger partial charge in [0.15, 0.2) is 0 Å². The van der Waals surface area contributed by atoms with Gasteiger partial charge in [-0.1, -0.05) is 56.2 Å². The summed E-state index contributed by atoms with van der Waals surface area (Å²) in [5.74, 6) is 2.25. The summed E-state index contributed by atoms with van der Waals surface area (Å²) in [4.78, 5) is 32.9. The van der Waals surface area contributed by atoms with E-state index in [-0.39, 0.29) is 18.6 Å². The second-order valence-electron chi connectivity index (χ2n) is 3.85. The third-order valence-electron chi connectivity index (χ3n) is 1.72. The standard InChI is InChI=1S/3C4H11O2PS2.V/c3*1-3-6-7(5,8)9-4-2;/h3*3-4H2,1-2H3,(H,5,8);/p-3. The first kappa shape index (κ1) is 38.6. The van der Waals surface area contributed by atoms with Crippen LogP contribution in [0.5, 0.6) is 0 Å². The molecule has 0 saturated heterocycles. The molecule has 3 atom stereocenters. The summed E-state index contributed by atoms with van der Waals surface area (Å²) >= 11 is 17.5. The second-order valence-corrected chi connectivity index (χ2v) is 22.9. The van der Waals surface area contributed by atoms with Gasteiger partial charge in [-0.15, -0.1) is 34.1 Å². The van der Waals surface area contributed by atoms with Gasteiger partial charge in [-0.25, -0.2) is 0 Å². The van der Waals surface area contributed by atoms with Crippen molar-refractivity contribution in [1.29, 1.82) is 0 Å². The summed E-state index contributed by atoms with van der Waals surface area (Å²) in [5, 5.41) is 0. The first-order valence-corrected chi connectivity index (χ1v) is 20.9. The van der Waals surface area contributed by atoms with E-state index in [9.17, 15) is 14.7 Å². The minimum atomic E-state index is -2.69. The van der Waals surface area contributed by atoms with Crippen molar-refractivity contribution in [2.24, 2.45) is 0 Å². The molecule has 173 valence electrons. The SMILES string of the molecule is CCOP([O-])(=S)SCC.CCOP([O-])(=S)SCC.CCOP([O-])(=S)SCC.[V]. The zero-order valence-corrected chi connectivity index (χ0v) is 25.9. The van der Waals surface area contributed by atoms with Gasteiger partial charge >= 0.3 is 0 Å². The Morgan fingerprint density at radius 3 is 0.857 bits per heavy atom. The van der Waals surface area contributed by atoms with Gasteiger partial charge in [0.05, 0.1) is 0 Å². The van der Waals surface area contributed by atoms with E-state index >= 15 is 0 Å². The molecule has 0 aromatic heterocycles. The van der Waals surface area contributed by atoms with Crippen LogP contribution in [0.15, 0.2) is 0 Å². The molecule has 28 heavy (non-hydrogen) atoms. The summed E-state index contributed by atoms with van der Waals surface area (Å²) in [6.45, 7) is 12.4. The molecule has 0 aliphatic heterocycles. The topological polar surface area (TPSA) is 96.9 Å². The third kappa shape index (κ3) is 31.5. The van der Waals surface area contributed by atoms with Gasteiger partial charge in [0, 0.05) is 55.5 Å². The Hall–Kier alpha value is 3.34. The van der Waals surface area contributed by atoms with Crippen molar-refractivity contribution in [2.45, 2.75) is 41.5 Å². The van der Waals surface area contributed by atoms with Gasteiger partial charge in [-0.05, 0) is 38.0 Å². The molecule has 16 heteroatoms.